The average Bonchev–Trinajstić information content (AvgIpc) is 2.98. The summed E-state index contributed by atoms with van der Waals surface area (Å²) < 4.78 is 10.5. The van der Waals surface area contributed by atoms with Crippen molar-refractivity contribution in [3.8, 4) is 0 Å². The third-order valence-electron chi connectivity index (χ3n) is 5.01. The van der Waals surface area contributed by atoms with Crippen molar-refractivity contribution < 1.29 is 19.1 Å². The number of allylic oxidation sites excluding steroid dienone is 1. The summed E-state index contributed by atoms with van der Waals surface area (Å²) in [7, 11) is 1.38. The predicted octanol–water partition coefficient (Wildman–Crippen LogP) is 2.27. The van der Waals surface area contributed by atoms with E-state index in [-0.39, 0.29) is 18.4 Å². The fourth-order valence-electron chi connectivity index (χ4n) is 4.09. The third kappa shape index (κ3) is 1.56. The van der Waals surface area contributed by atoms with Gasteiger partial charge in [-0.1, -0.05) is 24.3 Å². The number of ether oxygens (including phenoxy) is 2. The topological polar surface area (TPSA) is 52.6 Å². The van der Waals surface area contributed by atoms with Crippen LogP contribution >= 0.6 is 0 Å². The second kappa shape index (κ2) is 4.20. The van der Waals surface area contributed by atoms with Crippen LogP contribution in [-0.2, 0) is 25.5 Å². The van der Waals surface area contributed by atoms with E-state index in [4.69, 9.17) is 9.47 Å². The number of rotatable bonds is 1. The summed E-state index contributed by atoms with van der Waals surface area (Å²) in [5.41, 5.74) is 3.97. The number of carbonyl (C=O) groups is 2. The molecule has 0 bridgehead atoms. The van der Waals surface area contributed by atoms with Crippen LogP contribution in [-0.4, -0.2) is 25.2 Å². The number of esters is 2. The lowest BCUT2D eigenvalue weighted by molar-refractivity contribution is -0.154. The summed E-state index contributed by atoms with van der Waals surface area (Å²) >= 11 is 0. The molecule has 1 aliphatic heterocycles. The number of aryl methyl sites for hydroxylation is 1. The first-order valence-corrected chi connectivity index (χ1v) is 7.24. The molecule has 108 valence electrons. The number of hydrogen-bond acceptors (Lipinski definition) is 4. The SMILES string of the molecule is COC(=O)[C@@]12CC(=O)OC1C1=C(C2)c2ccccc2CC1. The molecule has 1 saturated heterocycles. The van der Waals surface area contributed by atoms with E-state index in [2.05, 4.69) is 12.1 Å². The Morgan fingerprint density at radius 3 is 2.90 bits per heavy atom. The number of carbonyl (C=O) groups excluding carboxylic acids is 2. The quantitative estimate of drug-likeness (QED) is 0.742. The maximum absolute atomic E-state index is 12.3. The summed E-state index contributed by atoms with van der Waals surface area (Å²) in [6.45, 7) is 0. The monoisotopic (exact) mass is 284 g/mol. The van der Waals surface area contributed by atoms with E-state index in [9.17, 15) is 9.59 Å². The second-order valence-corrected chi connectivity index (χ2v) is 6.03. The van der Waals surface area contributed by atoms with Crippen LogP contribution in [0.3, 0.4) is 0 Å². The number of fused-ring (bicyclic) bond motifs is 4. The molecule has 0 saturated carbocycles. The van der Waals surface area contributed by atoms with Crippen molar-refractivity contribution in [1.82, 2.24) is 0 Å². The lowest BCUT2D eigenvalue weighted by atomic mass is 9.80. The van der Waals surface area contributed by atoms with Gasteiger partial charge in [0, 0.05) is 0 Å². The highest BCUT2D eigenvalue weighted by Gasteiger charge is 2.61. The molecule has 0 N–H and O–H groups in total. The Morgan fingerprint density at radius 2 is 2.10 bits per heavy atom. The van der Waals surface area contributed by atoms with Crippen molar-refractivity contribution in [3.63, 3.8) is 0 Å². The van der Waals surface area contributed by atoms with E-state index in [1.165, 1.54) is 23.8 Å². The molecule has 21 heavy (non-hydrogen) atoms. The molecule has 4 rings (SSSR count). The molecule has 0 amide bonds. The van der Waals surface area contributed by atoms with E-state index in [0.717, 1.165) is 18.4 Å². The number of benzene rings is 1. The zero-order valence-electron chi connectivity index (χ0n) is 11.8. The van der Waals surface area contributed by atoms with Crippen LogP contribution in [0.5, 0.6) is 0 Å². The Morgan fingerprint density at radius 1 is 1.29 bits per heavy atom. The van der Waals surface area contributed by atoms with Crippen LogP contribution in [0.2, 0.25) is 0 Å². The molecule has 1 aromatic carbocycles. The van der Waals surface area contributed by atoms with Crippen molar-refractivity contribution in [2.75, 3.05) is 7.11 Å². The van der Waals surface area contributed by atoms with Gasteiger partial charge in [0.1, 0.15) is 11.5 Å². The fraction of sp³-hybridized carbons (Fsp3) is 0.412. The molecular weight excluding hydrogens is 268 g/mol. The number of methoxy groups -OCH3 is 1. The van der Waals surface area contributed by atoms with E-state index in [1.54, 1.807) is 0 Å². The largest absolute Gasteiger partial charge is 0.468 e. The van der Waals surface area contributed by atoms with Gasteiger partial charge < -0.3 is 9.47 Å². The minimum absolute atomic E-state index is 0.125. The summed E-state index contributed by atoms with van der Waals surface area (Å²) in [5, 5.41) is 0. The summed E-state index contributed by atoms with van der Waals surface area (Å²) in [6.07, 6.45) is 2.02. The Hall–Kier alpha value is -2.10. The molecule has 1 aromatic rings. The highest BCUT2D eigenvalue weighted by Crippen LogP contribution is 2.56. The first-order valence-electron chi connectivity index (χ1n) is 7.24. The lowest BCUT2D eigenvalue weighted by Gasteiger charge is -2.24. The van der Waals surface area contributed by atoms with Crippen molar-refractivity contribution in [2.24, 2.45) is 5.41 Å². The van der Waals surface area contributed by atoms with Gasteiger partial charge in [0.2, 0.25) is 0 Å². The van der Waals surface area contributed by atoms with Crippen LogP contribution in [0.1, 0.15) is 30.4 Å². The molecule has 3 aliphatic rings. The van der Waals surface area contributed by atoms with Gasteiger partial charge in [-0.2, -0.15) is 0 Å². The molecule has 1 heterocycles. The maximum atomic E-state index is 12.3. The molecule has 2 aliphatic carbocycles. The van der Waals surface area contributed by atoms with Gasteiger partial charge >= 0.3 is 11.9 Å². The fourth-order valence-corrected chi connectivity index (χ4v) is 4.09. The zero-order chi connectivity index (χ0) is 14.6. The van der Waals surface area contributed by atoms with Gasteiger partial charge in [0.25, 0.3) is 0 Å². The first kappa shape index (κ1) is 12.6. The molecule has 0 spiro atoms. The van der Waals surface area contributed by atoms with Crippen molar-refractivity contribution in [3.05, 3.63) is 41.0 Å². The van der Waals surface area contributed by atoms with Crippen LogP contribution in [0, 0.1) is 5.41 Å². The third-order valence-corrected chi connectivity index (χ3v) is 5.01. The molecule has 0 radical (unpaired) electrons. The minimum Gasteiger partial charge on any atom is -0.468 e. The highest BCUT2D eigenvalue weighted by molar-refractivity contribution is 5.94. The second-order valence-electron chi connectivity index (χ2n) is 6.03. The van der Waals surface area contributed by atoms with Crippen molar-refractivity contribution >= 4 is 17.5 Å². The van der Waals surface area contributed by atoms with E-state index < -0.39 is 11.5 Å². The van der Waals surface area contributed by atoms with Crippen LogP contribution < -0.4 is 0 Å². The first-order chi connectivity index (χ1) is 10.2. The number of hydrogen-bond donors (Lipinski definition) is 0. The van der Waals surface area contributed by atoms with E-state index >= 15 is 0 Å². The van der Waals surface area contributed by atoms with E-state index in [1.807, 2.05) is 12.1 Å². The van der Waals surface area contributed by atoms with Crippen LogP contribution in [0.25, 0.3) is 5.57 Å². The van der Waals surface area contributed by atoms with Gasteiger partial charge in [0.15, 0.2) is 0 Å². The van der Waals surface area contributed by atoms with E-state index in [0.29, 0.717) is 6.42 Å². The molecule has 0 aromatic heterocycles. The maximum Gasteiger partial charge on any atom is 0.316 e. The normalized spacial score (nSPS) is 29.6. The van der Waals surface area contributed by atoms with Gasteiger partial charge in [-0.25, -0.2) is 0 Å². The highest BCUT2D eigenvalue weighted by atomic mass is 16.6. The van der Waals surface area contributed by atoms with Gasteiger partial charge in [0.05, 0.1) is 13.5 Å². The molecular formula is C17H16O4. The Bertz CT molecular complexity index is 688. The lowest BCUT2D eigenvalue weighted by Crippen LogP contribution is -2.37. The molecule has 1 fully saturated rings. The summed E-state index contributed by atoms with van der Waals surface area (Å²) in [5.74, 6) is -0.624. The smallest absolute Gasteiger partial charge is 0.316 e. The summed E-state index contributed by atoms with van der Waals surface area (Å²) in [6, 6.07) is 8.28. The van der Waals surface area contributed by atoms with Crippen molar-refractivity contribution in [2.45, 2.75) is 31.8 Å². The van der Waals surface area contributed by atoms with Gasteiger partial charge in [-0.05, 0) is 41.5 Å². The van der Waals surface area contributed by atoms with Crippen LogP contribution in [0.15, 0.2) is 29.8 Å². The van der Waals surface area contributed by atoms with Crippen molar-refractivity contribution in [1.29, 1.82) is 0 Å². The molecule has 2 atom stereocenters. The molecule has 4 heteroatoms. The minimum atomic E-state index is -0.839. The van der Waals surface area contributed by atoms with Gasteiger partial charge in [-0.3, -0.25) is 9.59 Å². The zero-order valence-corrected chi connectivity index (χ0v) is 11.8. The standard InChI is InChI=1S/C17H16O4/c1-20-16(19)17-8-13-11-5-3-2-4-10(11)6-7-12(13)15(17)21-14(18)9-17/h2-5,15H,6-9H2,1H3/t15?,17-/m0/s1. The molecule has 1 unspecified atom stereocenters. The Labute approximate surface area is 122 Å². The van der Waals surface area contributed by atoms with Crippen LogP contribution in [0.4, 0.5) is 0 Å². The Balaban J connectivity index is 1.84. The average molecular weight is 284 g/mol. The summed E-state index contributed by atoms with van der Waals surface area (Å²) in [4.78, 5) is 24.1. The van der Waals surface area contributed by atoms with Gasteiger partial charge in [-0.15, -0.1) is 0 Å². The molecule has 4 nitrogen and oxygen atoms in total. The predicted molar refractivity (Wildman–Crippen MR) is 75.2 cm³/mol. The Kier molecular flexibility index (Phi) is 2.52.